The highest BCUT2D eigenvalue weighted by atomic mass is 32.5. The second-order valence-electron chi connectivity index (χ2n) is 15.3. The van der Waals surface area contributed by atoms with E-state index >= 15 is 0 Å². The van der Waals surface area contributed by atoms with E-state index in [0.29, 0.717) is 12.8 Å². The highest BCUT2D eigenvalue weighted by Gasteiger charge is 2.32. The molecule has 0 bridgehead atoms. The fourth-order valence-corrected chi connectivity index (χ4v) is 8.63. The van der Waals surface area contributed by atoms with Gasteiger partial charge in [0.2, 0.25) is 0 Å². The van der Waals surface area contributed by atoms with Crippen molar-refractivity contribution < 1.29 is 33.6 Å². The Bertz CT molecular complexity index is 794. The van der Waals surface area contributed by atoms with Gasteiger partial charge in [0, 0.05) is 14.2 Å². The normalized spacial score (nSPS) is 15.7. The van der Waals surface area contributed by atoms with Crippen LogP contribution in [-0.2, 0) is 30.3 Å². The first-order chi connectivity index (χ1) is 25.8. The van der Waals surface area contributed by atoms with Gasteiger partial charge in [-0.25, -0.2) is 0 Å². The van der Waals surface area contributed by atoms with Crippen molar-refractivity contribution in [3.63, 3.8) is 0 Å². The highest BCUT2D eigenvalue weighted by molar-refractivity contribution is 8.07. The van der Waals surface area contributed by atoms with E-state index in [1.165, 1.54) is 143 Å². The number of rotatable bonds is 42. The quantitative estimate of drug-likeness (QED) is 0.0319. The van der Waals surface area contributed by atoms with Crippen LogP contribution < -0.4 is 0 Å². The van der Waals surface area contributed by atoms with Gasteiger partial charge in [-0.2, -0.15) is 0 Å². The number of aliphatic hydroxyl groups is 2. The van der Waals surface area contributed by atoms with Crippen LogP contribution >= 0.6 is 6.72 Å². The monoisotopic (exact) mass is 791 g/mol. The minimum absolute atomic E-state index is 0.0809. The van der Waals surface area contributed by atoms with Gasteiger partial charge in [0.05, 0.1) is 25.4 Å². The van der Waals surface area contributed by atoms with Crippen molar-refractivity contribution in [1.82, 2.24) is 0 Å². The van der Waals surface area contributed by atoms with Crippen molar-refractivity contribution in [1.29, 1.82) is 0 Å². The van der Waals surface area contributed by atoms with Crippen LogP contribution in [0.2, 0.25) is 0 Å². The number of methoxy groups -OCH3 is 2. The first-order valence-electron chi connectivity index (χ1n) is 22.1. The lowest BCUT2D eigenvalue weighted by molar-refractivity contribution is -0.0483. The van der Waals surface area contributed by atoms with E-state index in [4.69, 9.17) is 30.3 Å². The summed E-state index contributed by atoms with van der Waals surface area (Å²) < 4.78 is 22.2. The largest absolute Gasteiger partial charge is 0.388 e. The topological polar surface area (TPSA) is 97.6 Å². The summed E-state index contributed by atoms with van der Waals surface area (Å²) in [5, 5.41) is 21.5. The van der Waals surface area contributed by atoms with E-state index in [9.17, 15) is 15.1 Å². The molecule has 316 valence electrons. The summed E-state index contributed by atoms with van der Waals surface area (Å²) in [5.74, 6) is 0. The number of aliphatic hydroxyl groups excluding tert-OH is 2. The van der Waals surface area contributed by atoms with E-state index in [0.717, 1.165) is 51.4 Å². The zero-order valence-corrected chi connectivity index (χ0v) is 36.8. The Hall–Kier alpha value is -0.150. The summed E-state index contributed by atoms with van der Waals surface area (Å²) in [4.78, 5) is 11.1. The number of hydrogen-bond acceptors (Lipinski definition) is 7. The molecule has 4 atom stereocenters. The van der Waals surface area contributed by atoms with E-state index in [1.807, 2.05) is 0 Å². The maximum Gasteiger partial charge on any atom is 0.325 e. The van der Waals surface area contributed by atoms with Crippen molar-refractivity contribution >= 4 is 18.5 Å². The van der Waals surface area contributed by atoms with Crippen LogP contribution in [-0.4, -0.2) is 67.0 Å². The van der Waals surface area contributed by atoms with Gasteiger partial charge in [-0.1, -0.05) is 167 Å². The van der Waals surface area contributed by atoms with Crippen LogP contribution in [0.1, 0.15) is 206 Å². The van der Waals surface area contributed by atoms with E-state index in [2.05, 4.69) is 38.2 Å². The third kappa shape index (κ3) is 36.0. The van der Waals surface area contributed by atoms with Crippen LogP contribution in [0.25, 0.3) is 0 Å². The minimum atomic E-state index is -3.75. The zero-order valence-electron chi connectivity index (χ0n) is 35.1. The molecular weight excluding hydrogens is 704 g/mol. The first kappa shape index (κ1) is 52.9. The molecule has 0 amide bonds. The second-order valence-corrected chi connectivity index (χ2v) is 18.0. The summed E-state index contributed by atoms with van der Waals surface area (Å²) in [7, 11) is 3.06. The van der Waals surface area contributed by atoms with Gasteiger partial charge in [-0.05, 0) is 76.0 Å². The van der Waals surface area contributed by atoms with Crippen LogP contribution in [0, 0.1) is 0 Å². The lowest BCUT2D eigenvalue weighted by Crippen LogP contribution is -2.35. The Balaban J connectivity index is 4.42. The van der Waals surface area contributed by atoms with Gasteiger partial charge in [-0.3, -0.25) is 0 Å². The molecule has 0 aliphatic heterocycles. The van der Waals surface area contributed by atoms with Crippen molar-refractivity contribution in [3.8, 4) is 0 Å². The van der Waals surface area contributed by atoms with Crippen molar-refractivity contribution in [2.75, 3.05) is 27.4 Å². The SMILES string of the molecule is CCCCCCCCC=CCCCCCCCCC(OP(O)(=S)OC(CCCCCCCCC=CCCCCCCCC)C(O)COC)C(O)COC. The van der Waals surface area contributed by atoms with E-state index in [-0.39, 0.29) is 13.2 Å². The lowest BCUT2D eigenvalue weighted by Gasteiger charge is -2.31. The summed E-state index contributed by atoms with van der Waals surface area (Å²) >= 11 is 5.44. The van der Waals surface area contributed by atoms with Gasteiger partial charge in [0.15, 0.2) is 0 Å². The molecule has 0 rings (SSSR count). The lowest BCUT2D eigenvalue weighted by atomic mass is 10.0. The molecule has 4 unspecified atom stereocenters. The summed E-state index contributed by atoms with van der Waals surface area (Å²) in [6.07, 6.45) is 41.5. The smallest absolute Gasteiger partial charge is 0.325 e. The average molecular weight is 791 g/mol. The van der Waals surface area contributed by atoms with Crippen molar-refractivity contribution in [2.45, 2.75) is 231 Å². The van der Waals surface area contributed by atoms with Crippen LogP contribution in [0.15, 0.2) is 24.3 Å². The summed E-state index contributed by atoms with van der Waals surface area (Å²) in [5.41, 5.74) is 0. The van der Waals surface area contributed by atoms with E-state index in [1.54, 1.807) is 0 Å². The van der Waals surface area contributed by atoms with Crippen LogP contribution in [0.4, 0.5) is 0 Å². The fourth-order valence-electron chi connectivity index (χ4n) is 6.74. The predicted molar refractivity (Wildman–Crippen MR) is 230 cm³/mol. The Kier molecular flexibility index (Phi) is 39.9. The van der Waals surface area contributed by atoms with Crippen LogP contribution in [0.3, 0.4) is 0 Å². The summed E-state index contributed by atoms with van der Waals surface area (Å²) in [6, 6.07) is 0. The molecule has 7 nitrogen and oxygen atoms in total. The Morgan fingerprint density at radius 3 is 1.00 bits per heavy atom. The molecule has 0 aliphatic carbocycles. The molecular formula is C44H87O7PS. The average Bonchev–Trinajstić information content (AvgIpc) is 3.13. The molecule has 0 saturated heterocycles. The van der Waals surface area contributed by atoms with Gasteiger partial charge in [-0.15, -0.1) is 0 Å². The van der Waals surface area contributed by atoms with E-state index < -0.39 is 31.1 Å². The molecule has 0 aromatic carbocycles. The molecule has 0 saturated carbocycles. The third-order valence-electron chi connectivity index (χ3n) is 10.1. The molecule has 9 heteroatoms. The number of ether oxygens (including phenoxy) is 2. The third-order valence-corrected chi connectivity index (χ3v) is 11.7. The minimum Gasteiger partial charge on any atom is -0.388 e. The Morgan fingerprint density at radius 2 is 0.717 bits per heavy atom. The Morgan fingerprint density at radius 1 is 0.453 bits per heavy atom. The van der Waals surface area contributed by atoms with Gasteiger partial charge in [0.1, 0.15) is 12.2 Å². The predicted octanol–water partition coefficient (Wildman–Crippen LogP) is 12.8. The van der Waals surface area contributed by atoms with Gasteiger partial charge in [0.25, 0.3) is 0 Å². The Labute approximate surface area is 333 Å². The molecule has 0 aromatic heterocycles. The number of unbranched alkanes of at least 4 members (excludes halogenated alkanes) is 24. The molecule has 3 N–H and O–H groups in total. The highest BCUT2D eigenvalue weighted by Crippen LogP contribution is 2.48. The molecule has 0 heterocycles. The van der Waals surface area contributed by atoms with Crippen molar-refractivity contribution in [2.24, 2.45) is 0 Å². The maximum absolute atomic E-state index is 11.1. The molecule has 0 aromatic rings. The van der Waals surface area contributed by atoms with Crippen LogP contribution in [0.5, 0.6) is 0 Å². The fraction of sp³-hybridized carbons (Fsp3) is 0.909. The zero-order chi connectivity index (χ0) is 39.1. The first-order valence-corrected chi connectivity index (χ1v) is 24.7. The maximum atomic E-state index is 11.1. The molecule has 53 heavy (non-hydrogen) atoms. The number of hydrogen-bond donors (Lipinski definition) is 3. The molecule has 0 radical (unpaired) electrons. The number of allylic oxidation sites excluding steroid dienone is 4. The standard InChI is InChI=1S/C44H87O7PS/c1-5-7-9-11-13-15-17-19-21-23-25-27-29-31-33-35-37-43(41(45)39-48-3)50-52(47,53)51-44(42(46)40-49-4)38-36-34-32-30-28-26-24-22-20-18-16-14-12-10-8-6-2/h19-22,41-46H,5-18,23-40H2,1-4H3,(H,47,53). The second kappa shape index (κ2) is 40.1. The molecule has 0 aliphatic rings. The molecule has 0 fully saturated rings. The molecule has 0 spiro atoms. The summed E-state index contributed by atoms with van der Waals surface area (Å²) in [6.45, 7) is 0.936. The van der Waals surface area contributed by atoms with Crippen molar-refractivity contribution in [3.05, 3.63) is 24.3 Å². The van der Waals surface area contributed by atoms with Gasteiger partial charge >= 0.3 is 6.72 Å². The van der Waals surface area contributed by atoms with Gasteiger partial charge < -0.3 is 33.6 Å².